The van der Waals surface area contributed by atoms with Crippen LogP contribution in [0.1, 0.15) is 44.9 Å². The second kappa shape index (κ2) is 5.10. The molecule has 2 N–H and O–H groups in total. The van der Waals surface area contributed by atoms with E-state index in [9.17, 15) is 5.11 Å². The molecule has 1 aliphatic rings. The Morgan fingerprint density at radius 3 is 2.88 bits per heavy atom. The second-order valence-corrected chi connectivity index (χ2v) is 5.65. The summed E-state index contributed by atoms with van der Waals surface area (Å²) in [6, 6.07) is 0. The molecular weight excluding hydrogens is 222 g/mol. The van der Waals surface area contributed by atoms with Crippen LogP contribution in [0.25, 0.3) is 0 Å². The van der Waals surface area contributed by atoms with Gasteiger partial charge in [0.1, 0.15) is 5.82 Å². The molecule has 0 radical (unpaired) electrons. The zero-order valence-electron chi connectivity index (χ0n) is 9.81. The summed E-state index contributed by atoms with van der Waals surface area (Å²) < 4.78 is 4.30. The summed E-state index contributed by atoms with van der Waals surface area (Å²) in [6.45, 7) is 4.79. The Hall–Kier alpha value is -0.680. The van der Waals surface area contributed by atoms with Gasteiger partial charge in [0.15, 0.2) is 0 Å². The summed E-state index contributed by atoms with van der Waals surface area (Å²) in [7, 11) is 0. The largest absolute Gasteiger partial charge is 0.391 e. The van der Waals surface area contributed by atoms with E-state index in [1.54, 1.807) is 0 Å². The van der Waals surface area contributed by atoms with E-state index in [-0.39, 0.29) is 6.10 Å². The van der Waals surface area contributed by atoms with Crippen LogP contribution >= 0.6 is 11.5 Å². The Bertz CT molecular complexity index is 336. The van der Waals surface area contributed by atoms with Gasteiger partial charge < -0.3 is 10.4 Å². The molecule has 0 bridgehead atoms. The lowest BCUT2D eigenvalue weighted by atomic mass is 10.1. The SMILES string of the molecule is CC(C)CC(O)CNc1nc(C2CC2)ns1. The summed E-state index contributed by atoms with van der Waals surface area (Å²) in [5, 5.41) is 13.7. The van der Waals surface area contributed by atoms with Gasteiger partial charge in [-0.05, 0) is 25.2 Å². The molecule has 0 spiro atoms. The number of nitrogens with zero attached hydrogens (tertiary/aromatic N) is 2. The minimum atomic E-state index is -0.298. The van der Waals surface area contributed by atoms with E-state index in [1.807, 2.05) is 0 Å². The molecular formula is C11H19N3OS. The first-order chi connectivity index (χ1) is 7.65. The number of hydrogen-bond acceptors (Lipinski definition) is 5. The third kappa shape index (κ3) is 3.42. The van der Waals surface area contributed by atoms with Crippen LogP contribution in [0.4, 0.5) is 5.13 Å². The van der Waals surface area contributed by atoms with Gasteiger partial charge >= 0.3 is 0 Å². The molecule has 5 heteroatoms. The van der Waals surface area contributed by atoms with Crippen LogP contribution in [-0.4, -0.2) is 27.1 Å². The quantitative estimate of drug-likeness (QED) is 0.802. The fourth-order valence-electron chi connectivity index (χ4n) is 1.65. The highest BCUT2D eigenvalue weighted by Crippen LogP contribution is 2.39. The van der Waals surface area contributed by atoms with Crippen molar-refractivity contribution in [2.24, 2.45) is 5.92 Å². The van der Waals surface area contributed by atoms with Gasteiger partial charge in [-0.2, -0.15) is 4.37 Å². The van der Waals surface area contributed by atoms with Crippen molar-refractivity contribution in [3.05, 3.63) is 5.82 Å². The standard InChI is InChI=1S/C11H19N3OS/c1-7(2)5-9(15)6-12-11-13-10(14-16-11)8-3-4-8/h7-9,15H,3-6H2,1-2H3,(H,12,13,14). The molecule has 2 rings (SSSR count). The van der Waals surface area contributed by atoms with E-state index in [2.05, 4.69) is 28.5 Å². The fourth-order valence-corrected chi connectivity index (χ4v) is 2.30. The molecule has 0 amide bonds. The first-order valence-corrected chi connectivity index (χ1v) is 6.68. The molecule has 0 saturated heterocycles. The first kappa shape index (κ1) is 11.8. The maximum atomic E-state index is 9.70. The molecule has 1 aromatic heterocycles. The number of hydrogen-bond donors (Lipinski definition) is 2. The van der Waals surface area contributed by atoms with Crippen molar-refractivity contribution in [1.29, 1.82) is 0 Å². The van der Waals surface area contributed by atoms with Crippen molar-refractivity contribution in [2.45, 2.75) is 45.1 Å². The molecule has 1 atom stereocenters. The highest BCUT2D eigenvalue weighted by Gasteiger charge is 2.27. The molecule has 16 heavy (non-hydrogen) atoms. The van der Waals surface area contributed by atoms with Gasteiger partial charge in [-0.3, -0.25) is 0 Å². The lowest BCUT2D eigenvalue weighted by Crippen LogP contribution is -2.21. The van der Waals surface area contributed by atoms with Crippen molar-refractivity contribution in [3.63, 3.8) is 0 Å². The van der Waals surface area contributed by atoms with Gasteiger partial charge in [-0.1, -0.05) is 13.8 Å². The van der Waals surface area contributed by atoms with Crippen LogP contribution in [0.3, 0.4) is 0 Å². The third-order valence-corrected chi connectivity index (χ3v) is 3.30. The van der Waals surface area contributed by atoms with Gasteiger partial charge in [-0.15, -0.1) is 0 Å². The number of aromatic nitrogens is 2. The van der Waals surface area contributed by atoms with Crippen molar-refractivity contribution < 1.29 is 5.11 Å². The number of rotatable bonds is 6. The number of anilines is 1. The maximum absolute atomic E-state index is 9.70. The predicted molar refractivity (Wildman–Crippen MR) is 65.8 cm³/mol. The Morgan fingerprint density at radius 1 is 1.50 bits per heavy atom. The van der Waals surface area contributed by atoms with Crippen LogP contribution in [0.2, 0.25) is 0 Å². The van der Waals surface area contributed by atoms with Gasteiger partial charge in [0.2, 0.25) is 5.13 Å². The summed E-state index contributed by atoms with van der Waals surface area (Å²) in [4.78, 5) is 4.41. The minimum Gasteiger partial charge on any atom is -0.391 e. The number of aliphatic hydroxyl groups is 1. The van der Waals surface area contributed by atoms with Crippen LogP contribution in [0.5, 0.6) is 0 Å². The van der Waals surface area contributed by atoms with E-state index in [0.717, 1.165) is 17.4 Å². The van der Waals surface area contributed by atoms with E-state index >= 15 is 0 Å². The minimum absolute atomic E-state index is 0.298. The molecule has 0 aliphatic heterocycles. The van der Waals surface area contributed by atoms with Crippen molar-refractivity contribution in [2.75, 3.05) is 11.9 Å². The summed E-state index contributed by atoms with van der Waals surface area (Å²) in [5.74, 6) is 2.10. The zero-order chi connectivity index (χ0) is 11.5. The van der Waals surface area contributed by atoms with E-state index in [0.29, 0.717) is 18.4 Å². The van der Waals surface area contributed by atoms with Crippen LogP contribution in [-0.2, 0) is 0 Å². The average Bonchev–Trinajstić information content (AvgIpc) is 2.94. The monoisotopic (exact) mass is 241 g/mol. The van der Waals surface area contributed by atoms with Crippen molar-refractivity contribution >= 4 is 16.7 Å². The highest BCUT2D eigenvalue weighted by atomic mass is 32.1. The van der Waals surface area contributed by atoms with Crippen LogP contribution in [0, 0.1) is 5.92 Å². The van der Waals surface area contributed by atoms with Crippen LogP contribution < -0.4 is 5.32 Å². The Balaban J connectivity index is 1.75. The molecule has 1 aliphatic carbocycles. The van der Waals surface area contributed by atoms with E-state index in [4.69, 9.17) is 0 Å². The number of aliphatic hydroxyl groups excluding tert-OH is 1. The summed E-state index contributed by atoms with van der Waals surface area (Å²) in [6.07, 6.45) is 2.98. The molecule has 1 aromatic rings. The molecule has 90 valence electrons. The van der Waals surface area contributed by atoms with E-state index in [1.165, 1.54) is 24.4 Å². The Labute approximate surface area is 100 Å². The normalized spacial score (nSPS) is 17.8. The molecule has 0 aromatic carbocycles. The van der Waals surface area contributed by atoms with Crippen molar-refractivity contribution in [3.8, 4) is 0 Å². The predicted octanol–water partition coefficient (Wildman–Crippen LogP) is 2.23. The molecule has 1 unspecified atom stereocenters. The highest BCUT2D eigenvalue weighted by molar-refractivity contribution is 7.09. The average molecular weight is 241 g/mol. The Morgan fingerprint density at radius 2 is 2.25 bits per heavy atom. The van der Waals surface area contributed by atoms with Crippen LogP contribution in [0.15, 0.2) is 0 Å². The molecule has 4 nitrogen and oxygen atoms in total. The number of nitrogens with one attached hydrogen (secondary N) is 1. The molecule has 1 fully saturated rings. The second-order valence-electron chi connectivity index (χ2n) is 4.90. The third-order valence-electron chi connectivity index (χ3n) is 2.62. The van der Waals surface area contributed by atoms with Gasteiger partial charge in [0.25, 0.3) is 0 Å². The zero-order valence-corrected chi connectivity index (χ0v) is 10.6. The van der Waals surface area contributed by atoms with Gasteiger partial charge in [0.05, 0.1) is 6.10 Å². The fraction of sp³-hybridized carbons (Fsp3) is 0.818. The van der Waals surface area contributed by atoms with E-state index < -0.39 is 0 Å². The topological polar surface area (TPSA) is 58.0 Å². The van der Waals surface area contributed by atoms with Crippen molar-refractivity contribution in [1.82, 2.24) is 9.36 Å². The molecule has 1 saturated carbocycles. The van der Waals surface area contributed by atoms with Gasteiger partial charge in [-0.25, -0.2) is 4.98 Å². The maximum Gasteiger partial charge on any atom is 0.202 e. The first-order valence-electron chi connectivity index (χ1n) is 5.90. The lowest BCUT2D eigenvalue weighted by Gasteiger charge is -2.12. The summed E-state index contributed by atoms with van der Waals surface area (Å²) >= 11 is 1.40. The smallest absolute Gasteiger partial charge is 0.202 e. The summed E-state index contributed by atoms with van der Waals surface area (Å²) in [5.41, 5.74) is 0. The van der Waals surface area contributed by atoms with Gasteiger partial charge in [0, 0.05) is 24.0 Å². The molecule has 1 heterocycles. The lowest BCUT2D eigenvalue weighted by molar-refractivity contribution is 0.161. The Kier molecular flexibility index (Phi) is 3.76.